The molecular formula is C11H13Cl2N5O2S. The third kappa shape index (κ3) is 2.84. The first kappa shape index (κ1) is 16.0. The van der Waals surface area contributed by atoms with E-state index in [-0.39, 0.29) is 6.54 Å². The zero-order valence-corrected chi connectivity index (χ0v) is 13.3. The second-order valence-corrected chi connectivity index (χ2v) is 5.90. The van der Waals surface area contributed by atoms with Crippen LogP contribution in [0.2, 0.25) is 10.0 Å². The molecule has 1 fully saturated rings. The largest absolute Gasteiger partial charge is 0.356 e. The molecule has 4 amide bonds. The van der Waals surface area contributed by atoms with Crippen LogP contribution in [0.5, 0.6) is 0 Å². The molecule has 1 aromatic carbocycles. The molecular weight excluding hydrogens is 337 g/mol. The molecule has 7 nitrogen and oxygen atoms in total. The molecule has 0 spiro atoms. The van der Waals surface area contributed by atoms with Crippen molar-refractivity contribution in [2.45, 2.75) is 12.0 Å². The van der Waals surface area contributed by atoms with Crippen LogP contribution in [0.1, 0.15) is 5.56 Å². The first-order valence-electron chi connectivity index (χ1n) is 5.78. The van der Waals surface area contributed by atoms with Gasteiger partial charge >= 0.3 is 12.1 Å². The van der Waals surface area contributed by atoms with E-state index in [1.165, 1.54) is 11.8 Å². The predicted molar refractivity (Wildman–Crippen MR) is 82.2 cm³/mol. The number of carbonyl (C=O) groups is 2. The molecule has 1 heterocycles. The second kappa shape index (κ2) is 6.18. The minimum Gasteiger partial charge on any atom is -0.350 e. The van der Waals surface area contributed by atoms with E-state index in [1.54, 1.807) is 24.5 Å². The average Bonchev–Trinajstić information content (AvgIpc) is 2.67. The number of thioether (sulfide) groups is 1. The Balaban J connectivity index is 2.37. The number of hydrazine groups is 2. The number of hydrogen-bond acceptors (Lipinski definition) is 4. The molecule has 10 heteroatoms. The first-order chi connectivity index (χ1) is 9.88. The highest BCUT2D eigenvalue weighted by Crippen LogP contribution is 2.31. The van der Waals surface area contributed by atoms with Gasteiger partial charge in [0.1, 0.15) is 0 Å². The van der Waals surface area contributed by atoms with E-state index in [0.717, 1.165) is 15.0 Å². The number of urea groups is 2. The van der Waals surface area contributed by atoms with Crippen LogP contribution >= 0.6 is 35.0 Å². The lowest BCUT2D eigenvalue weighted by atomic mass is 10.2. The van der Waals surface area contributed by atoms with Crippen LogP contribution in [0.4, 0.5) is 9.59 Å². The van der Waals surface area contributed by atoms with Crippen molar-refractivity contribution in [1.29, 1.82) is 0 Å². The lowest BCUT2D eigenvalue weighted by Crippen LogP contribution is -2.48. The number of halogens is 2. The number of carbonyl (C=O) groups excluding carboxylic acids is 2. The monoisotopic (exact) mass is 349 g/mol. The molecule has 2 rings (SSSR count). The molecule has 0 saturated carbocycles. The fraction of sp³-hybridized carbons (Fsp3) is 0.273. The van der Waals surface area contributed by atoms with E-state index in [1.807, 2.05) is 0 Å². The van der Waals surface area contributed by atoms with Crippen LogP contribution in [-0.4, -0.2) is 38.8 Å². The molecule has 1 aliphatic heterocycles. The predicted octanol–water partition coefficient (Wildman–Crippen LogP) is 2.05. The number of nitrogens with zero attached hydrogens (tertiary/aromatic N) is 3. The minimum absolute atomic E-state index is 0.00889. The van der Waals surface area contributed by atoms with Gasteiger partial charge in [-0.15, -0.1) is 11.8 Å². The molecule has 1 aromatic rings. The van der Waals surface area contributed by atoms with Crippen LogP contribution < -0.4 is 11.6 Å². The SMILES string of the molecule is CSC1N(N)C(=O)N(Cc2c(Cl)cccc2Cl)N1C(N)=O. The molecule has 21 heavy (non-hydrogen) atoms. The zero-order valence-electron chi connectivity index (χ0n) is 11.0. The lowest BCUT2D eigenvalue weighted by molar-refractivity contribution is 0.0719. The molecule has 0 radical (unpaired) electrons. The number of amides is 4. The van der Waals surface area contributed by atoms with Gasteiger partial charge in [-0.25, -0.2) is 25.4 Å². The molecule has 0 bridgehead atoms. The van der Waals surface area contributed by atoms with Gasteiger partial charge in [-0.1, -0.05) is 29.3 Å². The van der Waals surface area contributed by atoms with Gasteiger partial charge in [0, 0.05) is 15.6 Å². The normalized spacial score (nSPS) is 18.6. The Morgan fingerprint density at radius 1 is 1.38 bits per heavy atom. The van der Waals surface area contributed by atoms with Crippen molar-refractivity contribution in [2.75, 3.05) is 6.26 Å². The van der Waals surface area contributed by atoms with Crippen molar-refractivity contribution >= 4 is 47.0 Å². The Morgan fingerprint density at radius 2 is 1.95 bits per heavy atom. The highest BCUT2D eigenvalue weighted by Gasteiger charge is 2.45. The summed E-state index contributed by atoms with van der Waals surface area (Å²) in [6.45, 7) is -0.00889. The van der Waals surface area contributed by atoms with Crippen molar-refractivity contribution in [1.82, 2.24) is 15.0 Å². The van der Waals surface area contributed by atoms with Gasteiger partial charge in [-0.2, -0.15) is 5.01 Å². The highest BCUT2D eigenvalue weighted by atomic mass is 35.5. The van der Waals surface area contributed by atoms with Crippen molar-refractivity contribution in [3.8, 4) is 0 Å². The summed E-state index contributed by atoms with van der Waals surface area (Å²) in [6.07, 6.45) is 1.71. The van der Waals surface area contributed by atoms with E-state index in [2.05, 4.69) is 0 Å². The molecule has 0 aliphatic carbocycles. The number of nitrogens with two attached hydrogens (primary N) is 2. The Bertz CT molecular complexity index is 567. The fourth-order valence-electron chi connectivity index (χ4n) is 1.98. The summed E-state index contributed by atoms with van der Waals surface area (Å²) in [5.74, 6) is 5.69. The summed E-state index contributed by atoms with van der Waals surface area (Å²) in [5.41, 5.74) is 5.14. The van der Waals surface area contributed by atoms with Crippen molar-refractivity contribution in [3.05, 3.63) is 33.8 Å². The third-order valence-corrected chi connectivity index (χ3v) is 4.51. The topological polar surface area (TPSA) is 95.9 Å². The van der Waals surface area contributed by atoms with Crippen LogP contribution in [0, 0.1) is 0 Å². The fourth-order valence-corrected chi connectivity index (χ4v) is 3.23. The van der Waals surface area contributed by atoms with Gasteiger partial charge in [0.2, 0.25) is 0 Å². The van der Waals surface area contributed by atoms with Crippen molar-refractivity contribution in [3.63, 3.8) is 0 Å². The number of hydrogen-bond donors (Lipinski definition) is 2. The highest BCUT2D eigenvalue weighted by molar-refractivity contribution is 7.99. The summed E-state index contributed by atoms with van der Waals surface area (Å²) in [4.78, 5) is 23.8. The number of benzene rings is 1. The smallest absolute Gasteiger partial charge is 0.350 e. The maximum Gasteiger partial charge on any atom is 0.356 e. The van der Waals surface area contributed by atoms with Gasteiger partial charge in [0.15, 0.2) is 5.50 Å². The lowest BCUT2D eigenvalue weighted by Gasteiger charge is -2.28. The van der Waals surface area contributed by atoms with Crippen LogP contribution in [0.25, 0.3) is 0 Å². The summed E-state index contributed by atoms with van der Waals surface area (Å²) in [6, 6.07) is 3.61. The summed E-state index contributed by atoms with van der Waals surface area (Å²) in [5, 5.41) is 3.90. The molecule has 1 unspecified atom stereocenters. The minimum atomic E-state index is -0.793. The molecule has 114 valence electrons. The zero-order chi connectivity index (χ0) is 15.7. The number of primary amides is 1. The van der Waals surface area contributed by atoms with Gasteiger partial charge in [-0.05, 0) is 18.4 Å². The van der Waals surface area contributed by atoms with E-state index < -0.39 is 17.6 Å². The average molecular weight is 350 g/mol. The van der Waals surface area contributed by atoms with Crippen LogP contribution in [-0.2, 0) is 6.54 Å². The number of rotatable bonds is 3. The Kier molecular flexibility index (Phi) is 4.72. The van der Waals surface area contributed by atoms with Crippen molar-refractivity contribution in [2.24, 2.45) is 11.6 Å². The van der Waals surface area contributed by atoms with Crippen LogP contribution in [0.3, 0.4) is 0 Å². The third-order valence-electron chi connectivity index (χ3n) is 2.96. The quantitative estimate of drug-likeness (QED) is 0.644. The standard InChI is InChI=1S/C11H13Cl2N5O2S/c1-21-11-17(15)10(20)16(18(11)9(14)19)5-6-7(12)3-2-4-8(6)13/h2-4,11H,5,15H2,1H3,(H2,14,19). The molecule has 0 aromatic heterocycles. The molecule has 1 saturated heterocycles. The maximum absolute atomic E-state index is 12.2. The van der Waals surface area contributed by atoms with Gasteiger partial charge < -0.3 is 5.73 Å². The molecule has 1 atom stereocenters. The van der Waals surface area contributed by atoms with Gasteiger partial charge in [-0.3, -0.25) is 0 Å². The maximum atomic E-state index is 12.2. The summed E-state index contributed by atoms with van der Waals surface area (Å²) >= 11 is 13.4. The summed E-state index contributed by atoms with van der Waals surface area (Å²) < 4.78 is 0. The van der Waals surface area contributed by atoms with Gasteiger partial charge in [0.25, 0.3) is 0 Å². The Morgan fingerprint density at radius 3 is 2.43 bits per heavy atom. The van der Waals surface area contributed by atoms with Crippen LogP contribution in [0.15, 0.2) is 18.2 Å². The Hall–Kier alpha value is -1.35. The molecule has 1 aliphatic rings. The first-order valence-corrected chi connectivity index (χ1v) is 7.82. The van der Waals surface area contributed by atoms with E-state index in [0.29, 0.717) is 15.6 Å². The van der Waals surface area contributed by atoms with E-state index in [4.69, 9.17) is 34.8 Å². The molecule has 4 N–H and O–H groups in total. The van der Waals surface area contributed by atoms with E-state index >= 15 is 0 Å². The second-order valence-electron chi connectivity index (χ2n) is 4.19. The van der Waals surface area contributed by atoms with E-state index in [9.17, 15) is 9.59 Å². The Labute approximate surface area is 135 Å². The summed E-state index contributed by atoms with van der Waals surface area (Å²) in [7, 11) is 0. The van der Waals surface area contributed by atoms with Gasteiger partial charge in [0.05, 0.1) is 6.54 Å². The van der Waals surface area contributed by atoms with Crippen molar-refractivity contribution < 1.29 is 9.59 Å².